The maximum absolute atomic E-state index is 13.3. The third-order valence-corrected chi connectivity index (χ3v) is 2.37. The lowest BCUT2D eigenvalue weighted by Crippen LogP contribution is -2.44. The van der Waals surface area contributed by atoms with Crippen LogP contribution in [0.2, 0.25) is 0 Å². The number of Topliss-reactive ketones (excluding diaryl/α,β-unsaturated/α-hetero) is 1. The first-order chi connectivity index (χ1) is 6.88. The maximum Gasteiger partial charge on any atom is 0.185 e. The molecular formula is C11H13F2NO. The second-order valence-corrected chi connectivity index (χ2v) is 3.83. The Hall–Kier alpha value is -1.29. The Morgan fingerprint density at radius 3 is 2.47 bits per heavy atom. The van der Waals surface area contributed by atoms with E-state index in [1.807, 2.05) is 0 Å². The number of likely N-dealkylation sites (N-methyl/N-ethyl adjacent to an activating group) is 1. The van der Waals surface area contributed by atoms with Crippen LogP contribution in [0.4, 0.5) is 8.78 Å². The van der Waals surface area contributed by atoms with Crippen LogP contribution in [0.5, 0.6) is 0 Å². The van der Waals surface area contributed by atoms with Gasteiger partial charge in [0.15, 0.2) is 5.78 Å². The van der Waals surface area contributed by atoms with E-state index < -0.39 is 23.0 Å². The average molecular weight is 213 g/mol. The van der Waals surface area contributed by atoms with Crippen LogP contribution in [-0.4, -0.2) is 18.4 Å². The third kappa shape index (κ3) is 2.39. The highest BCUT2D eigenvalue weighted by Crippen LogP contribution is 2.16. The van der Waals surface area contributed by atoms with Gasteiger partial charge in [-0.15, -0.1) is 0 Å². The van der Waals surface area contributed by atoms with Crippen molar-refractivity contribution in [2.45, 2.75) is 19.4 Å². The van der Waals surface area contributed by atoms with E-state index in [1.54, 1.807) is 20.9 Å². The Kier molecular flexibility index (Phi) is 3.19. The maximum atomic E-state index is 13.3. The molecule has 0 heterocycles. The first kappa shape index (κ1) is 11.8. The summed E-state index contributed by atoms with van der Waals surface area (Å²) >= 11 is 0. The number of ketones is 1. The zero-order chi connectivity index (χ0) is 11.6. The molecule has 82 valence electrons. The molecule has 0 radical (unpaired) electrons. The van der Waals surface area contributed by atoms with Crippen molar-refractivity contribution in [1.82, 2.24) is 5.32 Å². The summed E-state index contributed by atoms with van der Waals surface area (Å²) in [5.74, 6) is -1.79. The van der Waals surface area contributed by atoms with Crippen LogP contribution in [-0.2, 0) is 0 Å². The standard InChI is InChI=1S/C11H13F2NO/c1-11(2,14-3)10(15)8-6-7(12)4-5-9(8)13/h4-6,14H,1-3H3. The van der Waals surface area contributed by atoms with Gasteiger partial charge in [0.1, 0.15) is 11.6 Å². The summed E-state index contributed by atoms with van der Waals surface area (Å²) in [5, 5.41) is 2.75. The van der Waals surface area contributed by atoms with E-state index in [9.17, 15) is 13.6 Å². The minimum atomic E-state index is -0.908. The molecule has 0 spiro atoms. The Labute approximate surface area is 87.3 Å². The van der Waals surface area contributed by atoms with Crippen LogP contribution < -0.4 is 5.32 Å². The van der Waals surface area contributed by atoms with E-state index in [4.69, 9.17) is 0 Å². The number of rotatable bonds is 3. The fraction of sp³-hybridized carbons (Fsp3) is 0.364. The largest absolute Gasteiger partial charge is 0.308 e. The van der Waals surface area contributed by atoms with Gasteiger partial charge in [0.25, 0.3) is 0 Å². The van der Waals surface area contributed by atoms with E-state index >= 15 is 0 Å². The van der Waals surface area contributed by atoms with Gasteiger partial charge in [0.05, 0.1) is 11.1 Å². The van der Waals surface area contributed by atoms with Crippen molar-refractivity contribution in [2.75, 3.05) is 7.05 Å². The quantitative estimate of drug-likeness (QED) is 0.779. The fourth-order valence-corrected chi connectivity index (χ4v) is 1.12. The van der Waals surface area contributed by atoms with Crippen molar-refractivity contribution < 1.29 is 13.6 Å². The number of nitrogens with one attached hydrogen (secondary N) is 1. The lowest BCUT2D eigenvalue weighted by Gasteiger charge is -2.22. The number of carbonyl (C=O) groups excluding carboxylic acids is 1. The summed E-state index contributed by atoms with van der Waals surface area (Å²) in [5.41, 5.74) is -1.14. The molecule has 0 saturated carbocycles. The molecule has 0 aromatic heterocycles. The zero-order valence-corrected chi connectivity index (χ0v) is 8.90. The summed E-state index contributed by atoms with van der Waals surface area (Å²) in [6.07, 6.45) is 0. The highest BCUT2D eigenvalue weighted by molar-refractivity contribution is 6.02. The Morgan fingerprint density at radius 1 is 1.33 bits per heavy atom. The van der Waals surface area contributed by atoms with Gasteiger partial charge in [0.2, 0.25) is 0 Å². The molecule has 1 rings (SSSR count). The number of halogens is 2. The number of carbonyl (C=O) groups is 1. The van der Waals surface area contributed by atoms with E-state index in [-0.39, 0.29) is 5.56 Å². The number of hydrogen-bond acceptors (Lipinski definition) is 2. The minimum absolute atomic E-state index is 0.227. The summed E-state index contributed by atoms with van der Waals surface area (Å²) in [6, 6.07) is 2.85. The summed E-state index contributed by atoms with van der Waals surface area (Å²) < 4.78 is 26.1. The molecule has 0 bridgehead atoms. The van der Waals surface area contributed by atoms with Crippen LogP contribution in [0.15, 0.2) is 18.2 Å². The number of benzene rings is 1. The summed E-state index contributed by atoms with van der Waals surface area (Å²) in [7, 11) is 1.59. The van der Waals surface area contributed by atoms with Crippen molar-refractivity contribution in [3.63, 3.8) is 0 Å². The van der Waals surface area contributed by atoms with E-state index in [0.717, 1.165) is 18.2 Å². The highest BCUT2D eigenvalue weighted by atomic mass is 19.1. The molecule has 1 N–H and O–H groups in total. The minimum Gasteiger partial charge on any atom is -0.308 e. The molecular weight excluding hydrogens is 200 g/mol. The summed E-state index contributed by atoms with van der Waals surface area (Å²) in [4.78, 5) is 11.8. The van der Waals surface area contributed by atoms with Crippen LogP contribution >= 0.6 is 0 Å². The molecule has 0 aliphatic heterocycles. The van der Waals surface area contributed by atoms with Crippen molar-refractivity contribution in [3.05, 3.63) is 35.4 Å². The van der Waals surface area contributed by atoms with Crippen molar-refractivity contribution in [1.29, 1.82) is 0 Å². The molecule has 4 heteroatoms. The van der Waals surface area contributed by atoms with Gasteiger partial charge < -0.3 is 5.32 Å². The Bertz CT molecular complexity index is 388. The van der Waals surface area contributed by atoms with Crippen LogP contribution in [0.25, 0.3) is 0 Å². The zero-order valence-electron chi connectivity index (χ0n) is 8.90. The van der Waals surface area contributed by atoms with Crippen LogP contribution in [0.3, 0.4) is 0 Å². The fourth-order valence-electron chi connectivity index (χ4n) is 1.12. The molecule has 1 aromatic carbocycles. The molecule has 0 atom stereocenters. The monoisotopic (exact) mass is 213 g/mol. The van der Waals surface area contributed by atoms with Crippen molar-refractivity contribution in [2.24, 2.45) is 0 Å². The molecule has 0 fully saturated rings. The average Bonchev–Trinajstić information content (AvgIpc) is 2.20. The topological polar surface area (TPSA) is 29.1 Å². The molecule has 1 aromatic rings. The van der Waals surface area contributed by atoms with E-state index in [0.29, 0.717) is 0 Å². The normalized spacial score (nSPS) is 11.5. The molecule has 0 aliphatic rings. The Balaban J connectivity index is 3.17. The van der Waals surface area contributed by atoms with Gasteiger partial charge in [-0.1, -0.05) is 0 Å². The van der Waals surface area contributed by atoms with Crippen LogP contribution in [0, 0.1) is 11.6 Å². The molecule has 0 unspecified atom stereocenters. The molecule has 0 aliphatic carbocycles. The lowest BCUT2D eigenvalue weighted by molar-refractivity contribution is 0.0885. The van der Waals surface area contributed by atoms with Gasteiger partial charge in [-0.2, -0.15) is 0 Å². The Morgan fingerprint density at radius 2 is 1.93 bits per heavy atom. The SMILES string of the molecule is CNC(C)(C)C(=O)c1cc(F)ccc1F. The second-order valence-electron chi connectivity index (χ2n) is 3.83. The van der Waals surface area contributed by atoms with Gasteiger partial charge in [-0.25, -0.2) is 8.78 Å². The molecule has 2 nitrogen and oxygen atoms in total. The predicted octanol–water partition coefficient (Wildman–Crippen LogP) is 2.15. The summed E-state index contributed by atoms with van der Waals surface area (Å²) in [6.45, 7) is 3.22. The van der Waals surface area contributed by atoms with Crippen LogP contribution in [0.1, 0.15) is 24.2 Å². The smallest absolute Gasteiger partial charge is 0.185 e. The molecule has 0 saturated heterocycles. The second kappa shape index (κ2) is 4.06. The van der Waals surface area contributed by atoms with Gasteiger partial charge in [-0.3, -0.25) is 4.79 Å². The first-order valence-corrected chi connectivity index (χ1v) is 4.57. The van der Waals surface area contributed by atoms with E-state index in [2.05, 4.69) is 5.32 Å². The van der Waals surface area contributed by atoms with Gasteiger partial charge in [0, 0.05) is 0 Å². The van der Waals surface area contributed by atoms with Crippen molar-refractivity contribution >= 4 is 5.78 Å². The first-order valence-electron chi connectivity index (χ1n) is 4.57. The van der Waals surface area contributed by atoms with Crippen molar-refractivity contribution in [3.8, 4) is 0 Å². The van der Waals surface area contributed by atoms with Gasteiger partial charge >= 0.3 is 0 Å². The molecule has 0 amide bonds. The lowest BCUT2D eigenvalue weighted by atomic mass is 9.93. The third-order valence-electron chi connectivity index (χ3n) is 2.37. The predicted molar refractivity (Wildman–Crippen MR) is 53.8 cm³/mol. The van der Waals surface area contributed by atoms with E-state index in [1.165, 1.54) is 0 Å². The van der Waals surface area contributed by atoms with Gasteiger partial charge in [-0.05, 0) is 39.1 Å². The molecule has 15 heavy (non-hydrogen) atoms. The highest BCUT2D eigenvalue weighted by Gasteiger charge is 2.28. The number of hydrogen-bond donors (Lipinski definition) is 1.